The Labute approximate surface area is 112 Å². The van der Waals surface area contributed by atoms with E-state index in [1.165, 1.54) is 0 Å². The molecule has 0 aliphatic heterocycles. The zero-order valence-electron chi connectivity index (χ0n) is 11.1. The molecule has 19 heavy (non-hydrogen) atoms. The number of ether oxygens (including phenoxy) is 1. The number of hydrogen-bond acceptors (Lipinski definition) is 5. The van der Waals surface area contributed by atoms with E-state index in [-0.39, 0.29) is 11.4 Å². The second-order valence-corrected chi connectivity index (χ2v) is 3.80. The lowest BCUT2D eigenvalue weighted by molar-refractivity contribution is -0.385. The van der Waals surface area contributed by atoms with E-state index in [0.29, 0.717) is 31.8 Å². The fraction of sp³-hybridized carbons (Fsp3) is 0.462. The van der Waals surface area contributed by atoms with E-state index in [9.17, 15) is 10.1 Å². The van der Waals surface area contributed by atoms with Crippen LogP contribution in [0.25, 0.3) is 0 Å². The van der Waals surface area contributed by atoms with Crippen LogP contribution in [0.5, 0.6) is 5.75 Å². The summed E-state index contributed by atoms with van der Waals surface area (Å²) in [6.07, 6.45) is 0.323. The first-order chi connectivity index (χ1) is 9.15. The second kappa shape index (κ2) is 7.21. The van der Waals surface area contributed by atoms with E-state index in [1.54, 1.807) is 25.1 Å². The predicted octanol–water partition coefficient (Wildman–Crippen LogP) is 2.73. The van der Waals surface area contributed by atoms with E-state index >= 15 is 0 Å². The minimum Gasteiger partial charge on any atom is -0.487 e. The van der Waals surface area contributed by atoms with Crippen molar-refractivity contribution < 1.29 is 9.66 Å². The smallest absolute Gasteiger partial charge is 0.333 e. The number of anilines is 1. The molecule has 0 aliphatic rings. The minimum absolute atomic E-state index is 0.0378. The normalized spacial score (nSPS) is 9.74. The third kappa shape index (κ3) is 3.58. The lowest BCUT2D eigenvalue weighted by atomic mass is 10.2. The summed E-state index contributed by atoms with van der Waals surface area (Å²) in [4.78, 5) is 12.6. The molecule has 0 unspecified atom stereocenters. The third-order valence-electron chi connectivity index (χ3n) is 2.68. The molecule has 1 aromatic carbocycles. The molecule has 0 saturated carbocycles. The van der Waals surface area contributed by atoms with Gasteiger partial charge in [0.05, 0.1) is 24.0 Å². The van der Waals surface area contributed by atoms with E-state index in [0.717, 1.165) is 0 Å². The van der Waals surface area contributed by atoms with Crippen LogP contribution in [0.4, 0.5) is 11.4 Å². The van der Waals surface area contributed by atoms with Crippen molar-refractivity contribution in [2.24, 2.45) is 0 Å². The molecule has 0 heterocycles. The van der Waals surface area contributed by atoms with Gasteiger partial charge in [0.2, 0.25) is 0 Å². The van der Waals surface area contributed by atoms with Crippen molar-refractivity contribution in [3.05, 3.63) is 28.3 Å². The van der Waals surface area contributed by atoms with E-state index in [2.05, 4.69) is 0 Å². The highest BCUT2D eigenvalue weighted by atomic mass is 16.6. The first-order valence-electron chi connectivity index (χ1n) is 6.17. The average molecular weight is 263 g/mol. The Balaban J connectivity index is 3.21. The highest BCUT2D eigenvalue weighted by Gasteiger charge is 2.24. The first-order valence-corrected chi connectivity index (χ1v) is 6.17. The van der Waals surface area contributed by atoms with E-state index in [1.807, 2.05) is 17.9 Å². The summed E-state index contributed by atoms with van der Waals surface area (Å²) in [5, 5.41) is 19.9. The molecule has 1 rings (SSSR count). The van der Waals surface area contributed by atoms with Crippen molar-refractivity contribution in [2.75, 3.05) is 24.6 Å². The van der Waals surface area contributed by atoms with Crippen LogP contribution in [-0.4, -0.2) is 24.6 Å². The molecule has 6 nitrogen and oxygen atoms in total. The van der Waals surface area contributed by atoms with Crippen LogP contribution in [0.2, 0.25) is 0 Å². The number of nitriles is 1. The lowest BCUT2D eigenvalue weighted by Crippen LogP contribution is -2.24. The molecule has 0 aromatic heterocycles. The topological polar surface area (TPSA) is 79.4 Å². The van der Waals surface area contributed by atoms with Gasteiger partial charge in [0.25, 0.3) is 0 Å². The Hall–Kier alpha value is -2.29. The zero-order chi connectivity index (χ0) is 14.3. The number of hydrogen-bond donors (Lipinski definition) is 0. The number of para-hydroxylation sites is 1. The van der Waals surface area contributed by atoms with Crippen LogP contribution < -0.4 is 9.64 Å². The summed E-state index contributed by atoms with van der Waals surface area (Å²) in [6.45, 7) is 5.11. The summed E-state index contributed by atoms with van der Waals surface area (Å²) in [5.41, 5.74) is 0.456. The van der Waals surface area contributed by atoms with Gasteiger partial charge in [0.15, 0.2) is 5.75 Å². The van der Waals surface area contributed by atoms with Gasteiger partial charge in [-0.25, -0.2) is 0 Å². The summed E-state index contributed by atoms with van der Waals surface area (Å²) in [6, 6.07) is 7.04. The maximum atomic E-state index is 11.2. The molecule has 102 valence electrons. The zero-order valence-corrected chi connectivity index (χ0v) is 11.1. The monoisotopic (exact) mass is 263 g/mol. The molecule has 0 amide bonds. The van der Waals surface area contributed by atoms with Crippen LogP contribution >= 0.6 is 0 Å². The van der Waals surface area contributed by atoms with Gasteiger partial charge in [0, 0.05) is 13.1 Å². The number of nitro groups is 1. The lowest BCUT2D eigenvalue weighted by Gasteiger charge is -2.22. The van der Waals surface area contributed by atoms with Crippen LogP contribution in [0.15, 0.2) is 18.2 Å². The van der Waals surface area contributed by atoms with Gasteiger partial charge in [0.1, 0.15) is 5.69 Å². The molecule has 1 aromatic rings. The SMILES string of the molecule is CCOc1cccc(N(CC)CCC#N)c1[N+](=O)[O-]. The Morgan fingerprint density at radius 3 is 2.74 bits per heavy atom. The van der Waals surface area contributed by atoms with E-state index in [4.69, 9.17) is 10.00 Å². The number of rotatable bonds is 7. The quantitative estimate of drug-likeness (QED) is 0.558. The summed E-state index contributed by atoms with van der Waals surface area (Å²) >= 11 is 0. The highest BCUT2D eigenvalue weighted by Crippen LogP contribution is 2.37. The highest BCUT2D eigenvalue weighted by molar-refractivity contribution is 5.69. The van der Waals surface area contributed by atoms with Gasteiger partial charge in [-0.3, -0.25) is 10.1 Å². The molecule has 0 aliphatic carbocycles. The van der Waals surface area contributed by atoms with Crippen molar-refractivity contribution in [3.8, 4) is 11.8 Å². The maximum Gasteiger partial charge on any atom is 0.333 e. The molecule has 0 bridgehead atoms. The number of nitro benzene ring substituents is 1. The number of nitrogens with zero attached hydrogens (tertiary/aromatic N) is 3. The van der Waals surface area contributed by atoms with Crippen molar-refractivity contribution >= 4 is 11.4 Å². The molecule has 0 atom stereocenters. The molecule has 0 fully saturated rings. The standard InChI is InChI=1S/C13H17N3O3/c1-3-15(10-6-9-14)11-7-5-8-12(19-4-2)13(11)16(17)18/h5,7-8H,3-4,6,10H2,1-2H3. The van der Waals surface area contributed by atoms with Crippen LogP contribution in [0.3, 0.4) is 0 Å². The van der Waals surface area contributed by atoms with Gasteiger partial charge in [-0.15, -0.1) is 0 Å². The Morgan fingerprint density at radius 2 is 2.21 bits per heavy atom. The molecule has 0 spiro atoms. The first kappa shape index (κ1) is 14.8. The van der Waals surface area contributed by atoms with Crippen molar-refractivity contribution in [2.45, 2.75) is 20.3 Å². The Morgan fingerprint density at radius 1 is 1.47 bits per heavy atom. The second-order valence-electron chi connectivity index (χ2n) is 3.80. The third-order valence-corrected chi connectivity index (χ3v) is 2.68. The number of benzene rings is 1. The van der Waals surface area contributed by atoms with Crippen LogP contribution in [0.1, 0.15) is 20.3 Å². The van der Waals surface area contributed by atoms with Crippen LogP contribution in [0, 0.1) is 21.4 Å². The van der Waals surface area contributed by atoms with E-state index < -0.39 is 4.92 Å². The Bertz CT molecular complexity index is 483. The summed E-state index contributed by atoms with van der Waals surface area (Å²) in [5.74, 6) is 0.264. The van der Waals surface area contributed by atoms with Crippen molar-refractivity contribution in [1.82, 2.24) is 0 Å². The molecular formula is C13H17N3O3. The predicted molar refractivity (Wildman–Crippen MR) is 72.4 cm³/mol. The molecule has 6 heteroatoms. The molecule has 0 N–H and O–H groups in total. The largest absolute Gasteiger partial charge is 0.487 e. The maximum absolute atomic E-state index is 11.2. The minimum atomic E-state index is -0.435. The van der Waals surface area contributed by atoms with Gasteiger partial charge in [-0.2, -0.15) is 5.26 Å². The van der Waals surface area contributed by atoms with Crippen molar-refractivity contribution in [1.29, 1.82) is 5.26 Å². The van der Waals surface area contributed by atoms with Gasteiger partial charge < -0.3 is 9.64 Å². The molecule has 0 saturated heterocycles. The van der Waals surface area contributed by atoms with Gasteiger partial charge >= 0.3 is 5.69 Å². The fourth-order valence-electron chi connectivity index (χ4n) is 1.86. The average Bonchev–Trinajstić information content (AvgIpc) is 2.40. The van der Waals surface area contributed by atoms with Gasteiger partial charge in [-0.05, 0) is 26.0 Å². The van der Waals surface area contributed by atoms with Gasteiger partial charge in [-0.1, -0.05) is 6.07 Å². The molecule has 0 radical (unpaired) electrons. The Kier molecular flexibility index (Phi) is 5.61. The van der Waals surface area contributed by atoms with Crippen molar-refractivity contribution in [3.63, 3.8) is 0 Å². The summed E-state index contributed by atoms with van der Waals surface area (Å²) < 4.78 is 5.30. The van der Waals surface area contributed by atoms with Crippen LogP contribution in [-0.2, 0) is 0 Å². The molecular weight excluding hydrogens is 246 g/mol. The fourth-order valence-corrected chi connectivity index (χ4v) is 1.86. The summed E-state index contributed by atoms with van der Waals surface area (Å²) in [7, 11) is 0.